The standard InChI is InChI=1S/C16H15BrO2/c17-16(15(18)19,11-13-7-3-1-4-8-13)12-14-9-5-2-6-10-14/h1-10H,11-12H2,(H,18,19). The predicted molar refractivity (Wildman–Crippen MR) is 79.6 cm³/mol. The normalized spacial score (nSPS) is 11.2. The summed E-state index contributed by atoms with van der Waals surface area (Å²) < 4.78 is -0.963. The van der Waals surface area contributed by atoms with Crippen molar-refractivity contribution in [2.75, 3.05) is 0 Å². The molecule has 0 saturated carbocycles. The average molecular weight is 319 g/mol. The van der Waals surface area contributed by atoms with Gasteiger partial charge in [-0.15, -0.1) is 0 Å². The van der Waals surface area contributed by atoms with Gasteiger partial charge in [0.15, 0.2) is 0 Å². The van der Waals surface area contributed by atoms with E-state index in [0.29, 0.717) is 12.8 Å². The summed E-state index contributed by atoms with van der Waals surface area (Å²) >= 11 is 3.42. The van der Waals surface area contributed by atoms with Crippen LogP contribution in [0.1, 0.15) is 11.1 Å². The molecule has 2 nitrogen and oxygen atoms in total. The van der Waals surface area contributed by atoms with Gasteiger partial charge in [-0.3, -0.25) is 4.79 Å². The Kier molecular flexibility index (Phi) is 4.38. The monoisotopic (exact) mass is 318 g/mol. The topological polar surface area (TPSA) is 37.3 Å². The molecule has 2 rings (SSSR count). The van der Waals surface area contributed by atoms with Crippen molar-refractivity contribution in [3.63, 3.8) is 0 Å². The molecule has 2 aromatic carbocycles. The van der Waals surface area contributed by atoms with Crippen LogP contribution in [-0.4, -0.2) is 15.4 Å². The van der Waals surface area contributed by atoms with E-state index in [1.165, 1.54) is 0 Å². The molecule has 98 valence electrons. The van der Waals surface area contributed by atoms with Crippen molar-refractivity contribution >= 4 is 21.9 Å². The van der Waals surface area contributed by atoms with Crippen LogP contribution >= 0.6 is 15.9 Å². The first-order chi connectivity index (χ1) is 9.10. The molecular formula is C16H15BrO2. The first-order valence-electron chi connectivity index (χ1n) is 6.10. The molecule has 0 unspecified atom stereocenters. The number of alkyl halides is 1. The smallest absolute Gasteiger partial charge is 0.321 e. The van der Waals surface area contributed by atoms with Crippen LogP contribution in [0.2, 0.25) is 0 Å². The number of hydrogen-bond donors (Lipinski definition) is 1. The van der Waals surface area contributed by atoms with Gasteiger partial charge in [-0.1, -0.05) is 76.6 Å². The molecule has 0 heterocycles. The molecule has 0 atom stereocenters. The van der Waals surface area contributed by atoms with Gasteiger partial charge in [0, 0.05) is 0 Å². The number of carboxylic acid groups (broad SMARTS) is 1. The van der Waals surface area contributed by atoms with E-state index >= 15 is 0 Å². The van der Waals surface area contributed by atoms with Crippen LogP contribution in [0.5, 0.6) is 0 Å². The highest BCUT2D eigenvalue weighted by Crippen LogP contribution is 2.28. The summed E-state index contributed by atoms with van der Waals surface area (Å²) in [6, 6.07) is 19.3. The SMILES string of the molecule is O=C(O)C(Br)(Cc1ccccc1)Cc1ccccc1. The lowest BCUT2D eigenvalue weighted by Crippen LogP contribution is -2.36. The van der Waals surface area contributed by atoms with Gasteiger partial charge in [-0.2, -0.15) is 0 Å². The lowest BCUT2D eigenvalue weighted by molar-refractivity contribution is -0.139. The van der Waals surface area contributed by atoms with Crippen LogP contribution in [0.3, 0.4) is 0 Å². The molecule has 0 bridgehead atoms. The average Bonchev–Trinajstić information content (AvgIpc) is 2.40. The van der Waals surface area contributed by atoms with Gasteiger partial charge >= 0.3 is 5.97 Å². The van der Waals surface area contributed by atoms with Crippen molar-refractivity contribution in [1.29, 1.82) is 0 Å². The molecule has 3 heteroatoms. The minimum Gasteiger partial charge on any atom is -0.480 e. The van der Waals surface area contributed by atoms with Gasteiger partial charge in [0.2, 0.25) is 0 Å². The molecule has 19 heavy (non-hydrogen) atoms. The van der Waals surface area contributed by atoms with E-state index in [2.05, 4.69) is 15.9 Å². The summed E-state index contributed by atoms with van der Waals surface area (Å²) in [6.45, 7) is 0. The van der Waals surface area contributed by atoms with Crippen LogP contribution < -0.4 is 0 Å². The van der Waals surface area contributed by atoms with Crippen LogP contribution in [0.25, 0.3) is 0 Å². The summed E-state index contributed by atoms with van der Waals surface area (Å²) in [4.78, 5) is 11.6. The summed E-state index contributed by atoms with van der Waals surface area (Å²) in [5, 5.41) is 9.51. The molecular weight excluding hydrogens is 304 g/mol. The summed E-state index contributed by atoms with van der Waals surface area (Å²) in [5.74, 6) is -0.833. The number of benzene rings is 2. The molecule has 1 N–H and O–H groups in total. The molecule has 0 amide bonds. The van der Waals surface area contributed by atoms with Gasteiger partial charge in [0.25, 0.3) is 0 Å². The zero-order chi connectivity index (χ0) is 13.7. The van der Waals surface area contributed by atoms with Gasteiger partial charge in [-0.05, 0) is 24.0 Å². The number of hydrogen-bond acceptors (Lipinski definition) is 1. The van der Waals surface area contributed by atoms with Crippen molar-refractivity contribution in [1.82, 2.24) is 0 Å². The Hall–Kier alpha value is -1.61. The summed E-state index contributed by atoms with van der Waals surface area (Å²) in [7, 11) is 0. The number of aliphatic carboxylic acids is 1. The second-order valence-electron chi connectivity index (χ2n) is 4.60. The lowest BCUT2D eigenvalue weighted by atomic mass is 9.92. The minimum atomic E-state index is -0.963. The summed E-state index contributed by atoms with van der Waals surface area (Å²) in [6.07, 6.45) is 0.913. The molecule has 0 aliphatic carbocycles. The molecule has 0 fully saturated rings. The Morgan fingerprint density at radius 1 is 0.895 bits per heavy atom. The highest BCUT2D eigenvalue weighted by Gasteiger charge is 2.35. The Morgan fingerprint density at radius 2 is 1.26 bits per heavy atom. The maximum absolute atomic E-state index is 11.6. The van der Waals surface area contributed by atoms with Crippen LogP contribution in [0.15, 0.2) is 60.7 Å². The van der Waals surface area contributed by atoms with E-state index < -0.39 is 10.3 Å². The number of carbonyl (C=O) groups is 1. The Bertz CT molecular complexity index is 496. The molecule has 0 spiro atoms. The molecule has 0 aromatic heterocycles. The fourth-order valence-corrected chi connectivity index (χ4v) is 2.70. The van der Waals surface area contributed by atoms with Crippen molar-refractivity contribution in [3.05, 3.63) is 71.8 Å². The second kappa shape index (κ2) is 6.02. The highest BCUT2D eigenvalue weighted by atomic mass is 79.9. The fraction of sp³-hybridized carbons (Fsp3) is 0.188. The Labute approximate surface area is 121 Å². The van der Waals surface area contributed by atoms with E-state index in [-0.39, 0.29) is 0 Å². The molecule has 0 saturated heterocycles. The van der Waals surface area contributed by atoms with Crippen molar-refractivity contribution in [3.8, 4) is 0 Å². The van der Waals surface area contributed by atoms with Crippen molar-refractivity contribution in [2.24, 2.45) is 0 Å². The maximum Gasteiger partial charge on any atom is 0.321 e. The van der Waals surface area contributed by atoms with Crippen molar-refractivity contribution < 1.29 is 9.90 Å². The van der Waals surface area contributed by atoms with E-state index in [4.69, 9.17) is 0 Å². The van der Waals surface area contributed by atoms with Crippen LogP contribution in [0.4, 0.5) is 0 Å². The zero-order valence-electron chi connectivity index (χ0n) is 10.4. The largest absolute Gasteiger partial charge is 0.480 e. The van der Waals surface area contributed by atoms with E-state index in [1.807, 2.05) is 60.7 Å². The molecule has 2 aromatic rings. The Morgan fingerprint density at radius 3 is 1.58 bits per heavy atom. The van der Waals surface area contributed by atoms with E-state index in [1.54, 1.807) is 0 Å². The fourth-order valence-electron chi connectivity index (χ4n) is 2.05. The second-order valence-corrected chi connectivity index (χ2v) is 6.11. The highest BCUT2D eigenvalue weighted by molar-refractivity contribution is 9.10. The zero-order valence-corrected chi connectivity index (χ0v) is 12.0. The molecule has 0 radical (unpaired) electrons. The number of carboxylic acids is 1. The number of halogens is 1. The van der Waals surface area contributed by atoms with E-state index in [9.17, 15) is 9.90 Å². The van der Waals surface area contributed by atoms with Gasteiger partial charge in [-0.25, -0.2) is 0 Å². The van der Waals surface area contributed by atoms with Crippen molar-refractivity contribution in [2.45, 2.75) is 17.2 Å². The molecule has 0 aliphatic heterocycles. The van der Waals surface area contributed by atoms with Gasteiger partial charge in [0.05, 0.1) is 0 Å². The first-order valence-corrected chi connectivity index (χ1v) is 6.90. The molecule has 0 aliphatic rings. The summed E-state index contributed by atoms with van der Waals surface area (Å²) in [5.41, 5.74) is 2.02. The van der Waals surface area contributed by atoms with Crippen LogP contribution in [0, 0.1) is 0 Å². The quantitative estimate of drug-likeness (QED) is 0.854. The predicted octanol–water partition coefficient (Wildman–Crippen LogP) is 3.69. The van der Waals surface area contributed by atoms with Crippen LogP contribution in [-0.2, 0) is 17.6 Å². The third-order valence-electron chi connectivity index (χ3n) is 3.04. The number of rotatable bonds is 5. The first kappa shape index (κ1) is 13.8. The van der Waals surface area contributed by atoms with Gasteiger partial charge in [0.1, 0.15) is 4.32 Å². The third-order valence-corrected chi connectivity index (χ3v) is 3.94. The maximum atomic E-state index is 11.6. The van der Waals surface area contributed by atoms with E-state index in [0.717, 1.165) is 11.1 Å². The third kappa shape index (κ3) is 3.67. The lowest BCUT2D eigenvalue weighted by Gasteiger charge is -2.23. The Balaban J connectivity index is 2.21. The minimum absolute atomic E-state index is 0.456. The van der Waals surface area contributed by atoms with Gasteiger partial charge < -0.3 is 5.11 Å².